The van der Waals surface area contributed by atoms with Gasteiger partial charge in [0.25, 0.3) is 0 Å². The van der Waals surface area contributed by atoms with Gasteiger partial charge in [0.1, 0.15) is 11.9 Å². The van der Waals surface area contributed by atoms with E-state index in [0.717, 1.165) is 6.54 Å². The highest BCUT2D eigenvalue weighted by Crippen LogP contribution is 1.87. The van der Waals surface area contributed by atoms with Crippen LogP contribution in [0.4, 0.5) is 0 Å². The molecule has 0 unspecified atom stereocenters. The van der Waals surface area contributed by atoms with Crippen molar-refractivity contribution in [2.45, 2.75) is 33.2 Å². The molecule has 1 heterocycles. The lowest BCUT2D eigenvalue weighted by Gasteiger charge is -1.90. The molecule has 0 aliphatic carbocycles. The molecule has 0 spiro atoms. The second-order valence-corrected chi connectivity index (χ2v) is 2.68. The second-order valence-electron chi connectivity index (χ2n) is 2.68. The highest BCUT2D eigenvalue weighted by molar-refractivity contribution is 4.82. The summed E-state index contributed by atoms with van der Waals surface area (Å²) in [5.74, 6) is 0. The van der Waals surface area contributed by atoms with E-state index < -0.39 is 0 Å². The molecule has 0 radical (unpaired) electrons. The molecular formula is C8H15ClN2. The summed E-state index contributed by atoms with van der Waals surface area (Å²) in [5.41, 5.74) is 1.23. The Hall–Kier alpha value is -0.500. The van der Waals surface area contributed by atoms with Crippen LogP contribution >= 0.6 is 0 Å². The van der Waals surface area contributed by atoms with Crippen molar-refractivity contribution in [1.29, 1.82) is 0 Å². The fraction of sp³-hybridized carbons (Fsp3) is 0.625. The Morgan fingerprint density at radius 1 is 1.55 bits per heavy atom. The predicted molar refractivity (Wildman–Crippen MR) is 40.6 cm³/mol. The molecule has 1 rings (SSSR count). The molecule has 3 heteroatoms. The van der Waals surface area contributed by atoms with Crippen LogP contribution in [0.25, 0.3) is 0 Å². The smallest absolute Gasteiger partial charge is 0.241 e. The average molecular weight is 175 g/mol. The zero-order valence-electron chi connectivity index (χ0n) is 7.10. The topological polar surface area (TPSA) is 19.7 Å². The van der Waals surface area contributed by atoms with Crippen LogP contribution in [-0.2, 0) is 6.54 Å². The largest absolute Gasteiger partial charge is 1.00 e. The van der Waals surface area contributed by atoms with Crippen LogP contribution in [0.2, 0.25) is 0 Å². The fourth-order valence-corrected chi connectivity index (χ4v) is 0.978. The molecule has 1 N–H and O–H groups in total. The van der Waals surface area contributed by atoms with Gasteiger partial charge in [0.2, 0.25) is 6.33 Å². The van der Waals surface area contributed by atoms with E-state index in [-0.39, 0.29) is 12.4 Å². The molecule has 0 saturated heterocycles. The van der Waals surface area contributed by atoms with Crippen molar-refractivity contribution in [3.8, 4) is 0 Å². The number of nitrogens with one attached hydrogen (secondary N) is 1. The van der Waals surface area contributed by atoms with Gasteiger partial charge in [-0.3, -0.25) is 0 Å². The van der Waals surface area contributed by atoms with Gasteiger partial charge in [-0.1, -0.05) is 13.3 Å². The van der Waals surface area contributed by atoms with E-state index in [0.29, 0.717) is 0 Å². The molecule has 0 aliphatic rings. The predicted octanol–water partition coefficient (Wildman–Crippen LogP) is -1.59. The van der Waals surface area contributed by atoms with Gasteiger partial charge in [-0.15, -0.1) is 0 Å². The minimum atomic E-state index is 0. The number of H-pyrrole nitrogens is 1. The maximum atomic E-state index is 3.14. The van der Waals surface area contributed by atoms with Gasteiger partial charge in [-0.25, -0.2) is 9.55 Å². The molecule has 64 valence electrons. The number of hydrogen-bond acceptors (Lipinski definition) is 0. The average Bonchev–Trinajstić information content (AvgIpc) is 2.31. The van der Waals surface area contributed by atoms with Crippen molar-refractivity contribution < 1.29 is 17.0 Å². The van der Waals surface area contributed by atoms with E-state index in [2.05, 4.69) is 29.6 Å². The number of aryl methyl sites for hydroxylation is 2. The van der Waals surface area contributed by atoms with Crippen molar-refractivity contribution in [1.82, 2.24) is 4.98 Å². The number of rotatable bonds is 3. The number of imidazole rings is 1. The molecule has 0 fully saturated rings. The Balaban J connectivity index is 0.000001000. The Labute approximate surface area is 74.0 Å². The molecule has 0 aliphatic heterocycles. The van der Waals surface area contributed by atoms with Crippen molar-refractivity contribution >= 4 is 0 Å². The lowest BCUT2D eigenvalue weighted by molar-refractivity contribution is -0.696. The van der Waals surface area contributed by atoms with Crippen molar-refractivity contribution in [3.05, 3.63) is 18.2 Å². The van der Waals surface area contributed by atoms with Gasteiger partial charge >= 0.3 is 0 Å². The maximum absolute atomic E-state index is 3.14. The zero-order chi connectivity index (χ0) is 7.40. The second kappa shape index (κ2) is 5.19. The Morgan fingerprint density at radius 2 is 2.27 bits per heavy atom. The van der Waals surface area contributed by atoms with E-state index >= 15 is 0 Å². The highest BCUT2D eigenvalue weighted by atomic mass is 35.5. The third-order valence-corrected chi connectivity index (χ3v) is 1.59. The molecule has 11 heavy (non-hydrogen) atoms. The van der Waals surface area contributed by atoms with Crippen LogP contribution in [0, 0.1) is 6.92 Å². The minimum Gasteiger partial charge on any atom is -1.00 e. The SMILES string of the molecule is CCCC[n+]1c[nH]c(C)c1.[Cl-]. The summed E-state index contributed by atoms with van der Waals surface area (Å²) in [4.78, 5) is 3.14. The summed E-state index contributed by atoms with van der Waals surface area (Å²) < 4.78 is 2.19. The Kier molecular flexibility index (Phi) is 4.95. The monoisotopic (exact) mass is 174 g/mol. The van der Waals surface area contributed by atoms with E-state index in [4.69, 9.17) is 0 Å². The maximum Gasteiger partial charge on any atom is 0.241 e. The molecule has 0 saturated carbocycles. The molecule has 1 aromatic rings. The van der Waals surface area contributed by atoms with E-state index in [1.54, 1.807) is 0 Å². The molecule has 0 atom stereocenters. The fourth-order valence-electron chi connectivity index (χ4n) is 0.978. The van der Waals surface area contributed by atoms with Crippen LogP contribution < -0.4 is 17.0 Å². The summed E-state index contributed by atoms with van der Waals surface area (Å²) in [6, 6.07) is 0. The third kappa shape index (κ3) is 3.42. The minimum absolute atomic E-state index is 0. The van der Waals surface area contributed by atoms with Crippen LogP contribution in [0.3, 0.4) is 0 Å². The quantitative estimate of drug-likeness (QED) is 0.534. The van der Waals surface area contributed by atoms with Crippen LogP contribution in [0.5, 0.6) is 0 Å². The molecule has 0 bridgehead atoms. The summed E-state index contributed by atoms with van der Waals surface area (Å²) in [6.45, 7) is 5.42. The molecule has 1 aromatic heterocycles. The summed E-state index contributed by atoms with van der Waals surface area (Å²) in [6.07, 6.45) is 6.68. The lowest BCUT2D eigenvalue weighted by Crippen LogP contribution is -3.00. The first-order chi connectivity index (χ1) is 4.83. The van der Waals surface area contributed by atoms with Gasteiger partial charge in [-0.05, 0) is 6.42 Å². The summed E-state index contributed by atoms with van der Waals surface area (Å²) in [7, 11) is 0. The van der Waals surface area contributed by atoms with Crippen LogP contribution in [0.15, 0.2) is 12.5 Å². The third-order valence-electron chi connectivity index (χ3n) is 1.59. The molecular weight excluding hydrogens is 160 g/mol. The molecule has 0 amide bonds. The lowest BCUT2D eigenvalue weighted by atomic mass is 10.3. The van der Waals surface area contributed by atoms with Gasteiger partial charge in [0, 0.05) is 6.92 Å². The molecule has 2 nitrogen and oxygen atoms in total. The number of unbranched alkanes of at least 4 members (excludes halogenated alkanes) is 1. The zero-order valence-corrected chi connectivity index (χ0v) is 7.86. The Bertz CT molecular complexity index is 196. The Morgan fingerprint density at radius 3 is 2.73 bits per heavy atom. The summed E-state index contributed by atoms with van der Waals surface area (Å²) >= 11 is 0. The van der Waals surface area contributed by atoms with Crippen LogP contribution in [-0.4, -0.2) is 4.98 Å². The number of aromatic amines is 1. The standard InChI is InChI=1S/C8H14N2.ClH/c1-3-4-5-10-6-8(2)9-7-10;/h6-7H,3-5H2,1-2H3;1H. The number of nitrogens with zero attached hydrogens (tertiary/aromatic N) is 1. The highest BCUT2D eigenvalue weighted by Gasteiger charge is 1.97. The number of halogens is 1. The van der Waals surface area contributed by atoms with E-state index in [9.17, 15) is 0 Å². The first-order valence-electron chi connectivity index (χ1n) is 3.87. The first kappa shape index (κ1) is 10.5. The summed E-state index contributed by atoms with van der Waals surface area (Å²) in [5, 5.41) is 0. The van der Waals surface area contributed by atoms with E-state index in [1.165, 1.54) is 18.5 Å². The van der Waals surface area contributed by atoms with E-state index in [1.807, 2.05) is 6.33 Å². The number of aromatic nitrogens is 2. The van der Waals surface area contributed by atoms with Crippen molar-refractivity contribution in [3.63, 3.8) is 0 Å². The van der Waals surface area contributed by atoms with Gasteiger partial charge in [-0.2, -0.15) is 0 Å². The van der Waals surface area contributed by atoms with Crippen molar-refractivity contribution in [2.75, 3.05) is 0 Å². The van der Waals surface area contributed by atoms with Gasteiger partial charge in [0.15, 0.2) is 0 Å². The van der Waals surface area contributed by atoms with Gasteiger partial charge in [0.05, 0.1) is 6.54 Å². The normalized spacial score (nSPS) is 9.27. The molecule has 0 aromatic carbocycles. The first-order valence-corrected chi connectivity index (χ1v) is 3.87. The van der Waals surface area contributed by atoms with Crippen LogP contribution in [0.1, 0.15) is 25.5 Å². The number of hydrogen-bond donors (Lipinski definition) is 1. The van der Waals surface area contributed by atoms with Gasteiger partial charge < -0.3 is 12.4 Å². The van der Waals surface area contributed by atoms with Crippen molar-refractivity contribution in [2.24, 2.45) is 0 Å².